The van der Waals surface area contributed by atoms with Crippen LogP contribution in [0.5, 0.6) is 0 Å². The van der Waals surface area contributed by atoms with E-state index in [4.69, 9.17) is 9.15 Å². The Morgan fingerprint density at radius 2 is 2.42 bits per heavy atom. The van der Waals surface area contributed by atoms with Crippen molar-refractivity contribution < 1.29 is 9.15 Å². The SMILES string of the molecule is Cc1nc(COCC2CN(Cc3ccco3)Cc3cncn32)cs1. The van der Waals surface area contributed by atoms with Crippen LogP contribution in [0.1, 0.15) is 28.2 Å². The van der Waals surface area contributed by atoms with Crippen LogP contribution in [0.15, 0.2) is 40.7 Å². The second-order valence-corrected chi connectivity index (χ2v) is 7.13. The molecule has 3 aromatic rings. The van der Waals surface area contributed by atoms with Crippen molar-refractivity contribution in [2.24, 2.45) is 0 Å². The molecule has 0 amide bonds. The van der Waals surface area contributed by atoms with Crippen molar-refractivity contribution in [1.82, 2.24) is 19.4 Å². The summed E-state index contributed by atoms with van der Waals surface area (Å²) in [4.78, 5) is 11.1. The topological polar surface area (TPSA) is 56.3 Å². The molecule has 7 heteroatoms. The highest BCUT2D eigenvalue weighted by Gasteiger charge is 2.25. The first kappa shape index (κ1) is 15.6. The number of imidazole rings is 1. The van der Waals surface area contributed by atoms with Gasteiger partial charge in [0.2, 0.25) is 0 Å². The predicted molar refractivity (Wildman–Crippen MR) is 90.6 cm³/mol. The van der Waals surface area contributed by atoms with Crippen molar-refractivity contribution in [3.05, 3.63) is 58.5 Å². The second kappa shape index (κ2) is 6.88. The molecule has 126 valence electrons. The van der Waals surface area contributed by atoms with Crippen molar-refractivity contribution in [2.75, 3.05) is 13.2 Å². The smallest absolute Gasteiger partial charge is 0.117 e. The highest BCUT2D eigenvalue weighted by molar-refractivity contribution is 7.09. The third kappa shape index (κ3) is 3.43. The molecule has 4 rings (SSSR count). The molecule has 3 aromatic heterocycles. The number of aromatic nitrogens is 3. The van der Waals surface area contributed by atoms with Gasteiger partial charge >= 0.3 is 0 Å². The Balaban J connectivity index is 1.39. The Hall–Kier alpha value is -1.96. The zero-order valence-corrected chi connectivity index (χ0v) is 14.4. The largest absolute Gasteiger partial charge is 0.468 e. The molecule has 1 atom stereocenters. The molecule has 1 aliphatic rings. The Morgan fingerprint density at radius 3 is 3.21 bits per heavy atom. The van der Waals surface area contributed by atoms with Crippen LogP contribution in [0.25, 0.3) is 0 Å². The Bertz CT molecular complexity index is 780. The molecule has 0 radical (unpaired) electrons. The number of ether oxygens (including phenoxy) is 1. The zero-order chi connectivity index (χ0) is 16.4. The maximum absolute atomic E-state index is 5.93. The quantitative estimate of drug-likeness (QED) is 0.688. The minimum Gasteiger partial charge on any atom is -0.468 e. The van der Waals surface area contributed by atoms with E-state index >= 15 is 0 Å². The van der Waals surface area contributed by atoms with E-state index in [0.29, 0.717) is 13.2 Å². The highest BCUT2D eigenvalue weighted by Crippen LogP contribution is 2.23. The number of hydrogen-bond donors (Lipinski definition) is 0. The fourth-order valence-corrected chi connectivity index (χ4v) is 3.71. The normalized spacial score (nSPS) is 18.0. The molecule has 4 heterocycles. The molecule has 0 bridgehead atoms. The van der Waals surface area contributed by atoms with Crippen LogP contribution in [0, 0.1) is 6.92 Å². The predicted octanol–water partition coefficient (Wildman–Crippen LogP) is 3.01. The average Bonchev–Trinajstić information content (AvgIpc) is 3.29. The van der Waals surface area contributed by atoms with Gasteiger partial charge in [-0.05, 0) is 19.1 Å². The van der Waals surface area contributed by atoms with E-state index in [1.165, 1.54) is 5.69 Å². The molecule has 1 aliphatic heterocycles. The molecule has 0 aromatic carbocycles. The standard InChI is InChI=1S/C17H20N4O2S/c1-13-19-14(11-24-13)9-22-10-16-7-20(8-17-3-2-4-23-17)6-15-5-18-12-21(15)16/h2-5,11-12,16H,6-10H2,1H3. The lowest BCUT2D eigenvalue weighted by Crippen LogP contribution is -2.38. The summed E-state index contributed by atoms with van der Waals surface area (Å²) in [6, 6.07) is 4.20. The number of fused-ring (bicyclic) bond motifs is 1. The van der Waals surface area contributed by atoms with Gasteiger partial charge in [-0.1, -0.05) is 0 Å². The number of nitrogens with zero attached hydrogens (tertiary/aromatic N) is 4. The summed E-state index contributed by atoms with van der Waals surface area (Å²) in [6.07, 6.45) is 5.56. The Kier molecular flexibility index (Phi) is 4.46. The molecule has 0 spiro atoms. The number of thiazole rings is 1. The third-order valence-electron chi connectivity index (χ3n) is 4.18. The monoisotopic (exact) mass is 344 g/mol. The maximum Gasteiger partial charge on any atom is 0.117 e. The van der Waals surface area contributed by atoms with Gasteiger partial charge in [0.05, 0.1) is 54.8 Å². The summed E-state index contributed by atoms with van der Waals surface area (Å²) in [5.41, 5.74) is 2.22. The van der Waals surface area contributed by atoms with Crippen LogP contribution in [-0.4, -0.2) is 32.6 Å². The van der Waals surface area contributed by atoms with E-state index in [9.17, 15) is 0 Å². The molecule has 1 unspecified atom stereocenters. The van der Waals surface area contributed by atoms with E-state index in [1.807, 2.05) is 31.6 Å². The minimum atomic E-state index is 0.256. The molecule has 0 aliphatic carbocycles. The zero-order valence-electron chi connectivity index (χ0n) is 13.6. The molecule has 24 heavy (non-hydrogen) atoms. The van der Waals surface area contributed by atoms with Crippen molar-refractivity contribution in [1.29, 1.82) is 0 Å². The highest BCUT2D eigenvalue weighted by atomic mass is 32.1. The number of rotatable bonds is 6. The third-order valence-corrected chi connectivity index (χ3v) is 5.00. The first-order chi connectivity index (χ1) is 11.8. The van der Waals surface area contributed by atoms with Crippen LogP contribution < -0.4 is 0 Å². The lowest BCUT2D eigenvalue weighted by atomic mass is 10.2. The summed E-state index contributed by atoms with van der Waals surface area (Å²) in [7, 11) is 0. The lowest BCUT2D eigenvalue weighted by Gasteiger charge is -2.33. The van der Waals surface area contributed by atoms with Crippen LogP contribution in [0.2, 0.25) is 0 Å². The van der Waals surface area contributed by atoms with Gasteiger partial charge in [0, 0.05) is 24.7 Å². The Labute approximate surface area is 144 Å². The summed E-state index contributed by atoms with van der Waals surface area (Å²) < 4.78 is 13.6. The van der Waals surface area contributed by atoms with Gasteiger partial charge in [-0.15, -0.1) is 11.3 Å². The number of furan rings is 1. The van der Waals surface area contributed by atoms with Crippen molar-refractivity contribution in [2.45, 2.75) is 32.7 Å². The van der Waals surface area contributed by atoms with E-state index in [1.54, 1.807) is 17.6 Å². The fraction of sp³-hybridized carbons (Fsp3) is 0.412. The van der Waals surface area contributed by atoms with Gasteiger partial charge in [0.1, 0.15) is 5.76 Å². The average molecular weight is 344 g/mol. The molecule has 0 saturated heterocycles. The van der Waals surface area contributed by atoms with E-state index in [2.05, 4.69) is 24.8 Å². The van der Waals surface area contributed by atoms with Gasteiger partial charge < -0.3 is 13.7 Å². The molecule has 0 N–H and O–H groups in total. The van der Waals surface area contributed by atoms with Gasteiger partial charge in [-0.2, -0.15) is 0 Å². The lowest BCUT2D eigenvalue weighted by molar-refractivity contribution is 0.0558. The van der Waals surface area contributed by atoms with Crippen molar-refractivity contribution in [3.63, 3.8) is 0 Å². The van der Waals surface area contributed by atoms with Gasteiger partial charge in [-0.25, -0.2) is 9.97 Å². The molecule has 6 nitrogen and oxygen atoms in total. The number of hydrogen-bond acceptors (Lipinski definition) is 6. The van der Waals surface area contributed by atoms with E-state index < -0.39 is 0 Å². The second-order valence-electron chi connectivity index (χ2n) is 6.07. The molecule has 0 saturated carbocycles. The van der Waals surface area contributed by atoms with E-state index in [-0.39, 0.29) is 6.04 Å². The molecule has 0 fully saturated rings. The maximum atomic E-state index is 5.93. The summed E-state index contributed by atoms with van der Waals surface area (Å²) in [6.45, 7) is 5.82. The fourth-order valence-electron chi connectivity index (χ4n) is 3.11. The van der Waals surface area contributed by atoms with Gasteiger partial charge in [-0.3, -0.25) is 4.90 Å². The molecular formula is C17H20N4O2S. The van der Waals surface area contributed by atoms with Crippen LogP contribution in [0.3, 0.4) is 0 Å². The summed E-state index contributed by atoms with van der Waals surface area (Å²) in [5.74, 6) is 0.987. The summed E-state index contributed by atoms with van der Waals surface area (Å²) in [5, 5.41) is 3.13. The van der Waals surface area contributed by atoms with Gasteiger partial charge in [0.15, 0.2) is 0 Å². The van der Waals surface area contributed by atoms with Crippen LogP contribution in [-0.2, 0) is 24.4 Å². The van der Waals surface area contributed by atoms with Crippen LogP contribution >= 0.6 is 11.3 Å². The van der Waals surface area contributed by atoms with Crippen LogP contribution in [0.4, 0.5) is 0 Å². The first-order valence-corrected chi connectivity index (χ1v) is 8.90. The van der Waals surface area contributed by atoms with Crippen molar-refractivity contribution >= 4 is 11.3 Å². The van der Waals surface area contributed by atoms with Gasteiger partial charge in [0.25, 0.3) is 0 Å². The van der Waals surface area contributed by atoms with Crippen molar-refractivity contribution in [3.8, 4) is 0 Å². The first-order valence-electron chi connectivity index (χ1n) is 8.02. The number of aryl methyl sites for hydroxylation is 1. The van der Waals surface area contributed by atoms with E-state index in [0.717, 1.165) is 36.1 Å². The Morgan fingerprint density at radius 1 is 1.46 bits per heavy atom. The molecular weight excluding hydrogens is 324 g/mol. The summed E-state index contributed by atoms with van der Waals surface area (Å²) >= 11 is 1.66. The minimum absolute atomic E-state index is 0.256.